The average molecular weight is 382 g/mol. The van der Waals surface area contributed by atoms with E-state index in [4.69, 9.17) is 0 Å². The van der Waals surface area contributed by atoms with Gasteiger partial charge in [0.2, 0.25) is 11.9 Å². The second-order valence-electron chi connectivity index (χ2n) is 7.30. The normalized spacial score (nSPS) is 17.4. The number of hydrogen-bond acceptors (Lipinski definition) is 8. The van der Waals surface area contributed by atoms with Crippen LogP contribution in [-0.4, -0.2) is 70.0 Å². The zero-order valence-corrected chi connectivity index (χ0v) is 16.4. The number of carbonyl (C=O) groups is 1. The molecular weight excluding hydrogens is 356 g/mol. The summed E-state index contributed by atoms with van der Waals surface area (Å²) in [6.45, 7) is 5.76. The van der Waals surface area contributed by atoms with Gasteiger partial charge in [-0.25, -0.2) is 4.98 Å². The molecule has 2 aliphatic rings. The first-order valence-corrected chi connectivity index (χ1v) is 9.84. The third-order valence-corrected chi connectivity index (χ3v) is 4.91. The molecule has 0 spiro atoms. The molecule has 0 aromatic carbocycles. The topological polar surface area (TPSA) is 99.2 Å². The van der Waals surface area contributed by atoms with Crippen LogP contribution in [0.2, 0.25) is 0 Å². The third-order valence-electron chi connectivity index (χ3n) is 4.91. The minimum Gasteiger partial charge on any atom is -0.348 e. The summed E-state index contributed by atoms with van der Waals surface area (Å²) in [6.07, 6.45) is 2.81. The Morgan fingerprint density at radius 1 is 1.11 bits per heavy atom. The zero-order valence-electron chi connectivity index (χ0n) is 16.4. The molecule has 1 saturated carbocycles. The monoisotopic (exact) mass is 382 g/mol. The minimum absolute atomic E-state index is 0.144. The van der Waals surface area contributed by atoms with Crippen LogP contribution >= 0.6 is 0 Å². The molecule has 1 aliphatic carbocycles. The molecule has 2 fully saturated rings. The molecule has 148 valence electrons. The minimum atomic E-state index is -0.144. The Bertz CT molecular complexity index is 846. The Balaban J connectivity index is 1.52. The maximum atomic E-state index is 12.2. The lowest BCUT2D eigenvalue weighted by molar-refractivity contribution is 0.0946. The second-order valence-corrected chi connectivity index (χ2v) is 7.30. The second kappa shape index (κ2) is 8.05. The number of nitrogens with one attached hydrogen (secondary N) is 2. The van der Waals surface area contributed by atoms with Crippen LogP contribution in [0.5, 0.6) is 0 Å². The predicted octanol–water partition coefficient (Wildman–Crippen LogP) is 1.22. The molecule has 0 unspecified atom stereocenters. The number of pyridine rings is 1. The van der Waals surface area contributed by atoms with Crippen molar-refractivity contribution in [3.05, 3.63) is 29.7 Å². The standard InChI is InChI=1S/C19H26N8O/c1-3-15-22-18(25-19(24-15)27-11-9-26(2)10-12-27)23-16-6-4-5-14(21-16)17(28)20-13-7-8-13/h4-6,13H,3,7-12H2,1-2H3,(H,20,28)(H,21,22,23,24,25). The van der Waals surface area contributed by atoms with Crippen molar-refractivity contribution >= 4 is 23.6 Å². The van der Waals surface area contributed by atoms with E-state index in [0.717, 1.165) is 51.3 Å². The molecule has 0 atom stereocenters. The van der Waals surface area contributed by atoms with Gasteiger partial charge in [0.05, 0.1) is 0 Å². The molecule has 2 aromatic heterocycles. The van der Waals surface area contributed by atoms with Crippen molar-refractivity contribution in [2.75, 3.05) is 43.4 Å². The predicted molar refractivity (Wildman–Crippen MR) is 107 cm³/mol. The van der Waals surface area contributed by atoms with Crippen LogP contribution < -0.4 is 15.5 Å². The van der Waals surface area contributed by atoms with E-state index in [2.05, 4.69) is 47.4 Å². The average Bonchev–Trinajstić information content (AvgIpc) is 3.52. The molecule has 4 rings (SSSR count). The number of nitrogens with zero attached hydrogens (tertiary/aromatic N) is 6. The van der Waals surface area contributed by atoms with E-state index in [0.29, 0.717) is 29.5 Å². The van der Waals surface area contributed by atoms with Crippen LogP contribution in [-0.2, 0) is 6.42 Å². The van der Waals surface area contributed by atoms with Crippen LogP contribution in [0.1, 0.15) is 36.1 Å². The first-order valence-electron chi connectivity index (χ1n) is 9.84. The summed E-state index contributed by atoms with van der Waals surface area (Å²) in [5.41, 5.74) is 0.390. The lowest BCUT2D eigenvalue weighted by atomic mass is 10.3. The highest BCUT2D eigenvalue weighted by atomic mass is 16.2. The van der Waals surface area contributed by atoms with E-state index < -0.39 is 0 Å². The van der Waals surface area contributed by atoms with Gasteiger partial charge in [-0.2, -0.15) is 15.0 Å². The fourth-order valence-electron chi connectivity index (χ4n) is 3.00. The molecule has 2 aromatic rings. The van der Waals surface area contributed by atoms with Gasteiger partial charge in [0.1, 0.15) is 17.3 Å². The van der Waals surface area contributed by atoms with E-state index in [1.807, 2.05) is 6.92 Å². The van der Waals surface area contributed by atoms with Gasteiger partial charge in [-0.15, -0.1) is 0 Å². The van der Waals surface area contributed by atoms with Crippen LogP contribution in [0.15, 0.2) is 18.2 Å². The lowest BCUT2D eigenvalue weighted by Crippen LogP contribution is -2.45. The molecular formula is C19H26N8O. The van der Waals surface area contributed by atoms with Gasteiger partial charge < -0.3 is 20.4 Å². The van der Waals surface area contributed by atoms with Gasteiger partial charge in [-0.3, -0.25) is 4.79 Å². The number of carbonyl (C=O) groups excluding carboxylic acids is 1. The fraction of sp³-hybridized carbons (Fsp3) is 0.526. The first kappa shape index (κ1) is 18.5. The molecule has 9 nitrogen and oxygen atoms in total. The number of aryl methyl sites for hydroxylation is 1. The SMILES string of the molecule is CCc1nc(Nc2cccc(C(=O)NC3CC3)n2)nc(N2CCN(C)CC2)n1. The highest BCUT2D eigenvalue weighted by Crippen LogP contribution is 2.20. The van der Waals surface area contributed by atoms with E-state index in [1.165, 1.54) is 0 Å². The highest BCUT2D eigenvalue weighted by Gasteiger charge is 2.24. The van der Waals surface area contributed by atoms with E-state index in [9.17, 15) is 4.79 Å². The third kappa shape index (κ3) is 4.53. The summed E-state index contributed by atoms with van der Waals surface area (Å²) in [7, 11) is 2.12. The highest BCUT2D eigenvalue weighted by molar-refractivity contribution is 5.93. The maximum Gasteiger partial charge on any atom is 0.270 e. The summed E-state index contributed by atoms with van der Waals surface area (Å²) in [5, 5.41) is 6.09. The number of anilines is 3. The van der Waals surface area contributed by atoms with Gasteiger partial charge in [0.15, 0.2) is 0 Å². The zero-order chi connectivity index (χ0) is 19.5. The Morgan fingerprint density at radius 2 is 1.89 bits per heavy atom. The molecule has 1 aliphatic heterocycles. The van der Waals surface area contributed by atoms with Crippen LogP contribution in [0.3, 0.4) is 0 Å². The number of piperazine rings is 1. The van der Waals surface area contributed by atoms with E-state index in [-0.39, 0.29) is 5.91 Å². The quantitative estimate of drug-likeness (QED) is 0.769. The largest absolute Gasteiger partial charge is 0.348 e. The number of rotatable bonds is 6. The lowest BCUT2D eigenvalue weighted by Gasteiger charge is -2.32. The van der Waals surface area contributed by atoms with Crippen LogP contribution in [0.25, 0.3) is 0 Å². The van der Waals surface area contributed by atoms with Gasteiger partial charge in [-0.05, 0) is 32.0 Å². The number of likely N-dealkylation sites (N-methyl/N-ethyl adjacent to an activating group) is 1. The Kier molecular flexibility index (Phi) is 5.34. The van der Waals surface area contributed by atoms with Crippen LogP contribution in [0.4, 0.5) is 17.7 Å². The van der Waals surface area contributed by atoms with Crippen LogP contribution in [0, 0.1) is 0 Å². The molecule has 0 radical (unpaired) electrons. The van der Waals surface area contributed by atoms with Gasteiger partial charge >= 0.3 is 0 Å². The van der Waals surface area contributed by atoms with Crippen molar-refractivity contribution < 1.29 is 4.79 Å². The summed E-state index contributed by atoms with van der Waals surface area (Å²) in [5.74, 6) is 2.27. The van der Waals surface area contributed by atoms with Gasteiger partial charge in [0.25, 0.3) is 5.91 Å². The number of hydrogen-bond donors (Lipinski definition) is 2. The van der Waals surface area contributed by atoms with Crippen molar-refractivity contribution in [2.24, 2.45) is 0 Å². The fourth-order valence-corrected chi connectivity index (χ4v) is 3.00. The van der Waals surface area contributed by atoms with Gasteiger partial charge in [0, 0.05) is 38.6 Å². The summed E-state index contributed by atoms with van der Waals surface area (Å²) < 4.78 is 0. The smallest absolute Gasteiger partial charge is 0.270 e. The first-order chi connectivity index (χ1) is 13.6. The van der Waals surface area contributed by atoms with Gasteiger partial charge in [-0.1, -0.05) is 13.0 Å². The molecule has 2 N–H and O–H groups in total. The molecule has 9 heteroatoms. The number of aromatic nitrogens is 4. The summed E-state index contributed by atoms with van der Waals surface area (Å²) in [6, 6.07) is 5.62. The Morgan fingerprint density at radius 3 is 2.61 bits per heavy atom. The van der Waals surface area contributed by atoms with Crippen molar-refractivity contribution in [1.82, 2.24) is 30.2 Å². The Hall–Kier alpha value is -2.81. The van der Waals surface area contributed by atoms with Crippen molar-refractivity contribution in [1.29, 1.82) is 0 Å². The molecule has 1 amide bonds. The molecule has 0 bridgehead atoms. The molecule has 28 heavy (non-hydrogen) atoms. The Labute approximate surface area is 164 Å². The van der Waals surface area contributed by atoms with Crippen molar-refractivity contribution in [3.63, 3.8) is 0 Å². The summed E-state index contributed by atoms with van der Waals surface area (Å²) >= 11 is 0. The molecule has 1 saturated heterocycles. The van der Waals surface area contributed by atoms with E-state index >= 15 is 0 Å². The number of amides is 1. The molecule has 3 heterocycles. The van der Waals surface area contributed by atoms with Crippen molar-refractivity contribution in [2.45, 2.75) is 32.2 Å². The van der Waals surface area contributed by atoms with Crippen molar-refractivity contribution in [3.8, 4) is 0 Å². The van der Waals surface area contributed by atoms with E-state index in [1.54, 1.807) is 18.2 Å². The maximum absolute atomic E-state index is 12.2. The summed E-state index contributed by atoms with van der Waals surface area (Å²) in [4.78, 5) is 34.8.